The normalized spacial score (nSPS) is 13.9. The van der Waals surface area contributed by atoms with Gasteiger partial charge in [-0.2, -0.15) is 5.10 Å². The average Bonchev–Trinajstić information content (AvgIpc) is 2.78. The first-order valence-corrected chi connectivity index (χ1v) is 7.10. The molecule has 1 heterocycles. The second-order valence-corrected chi connectivity index (χ2v) is 5.41. The van der Waals surface area contributed by atoms with E-state index in [1.807, 2.05) is 26.0 Å². The van der Waals surface area contributed by atoms with E-state index in [4.69, 9.17) is 0 Å². The molecule has 0 atom stereocenters. The van der Waals surface area contributed by atoms with Gasteiger partial charge >= 0.3 is 0 Å². The van der Waals surface area contributed by atoms with Crippen molar-refractivity contribution in [3.8, 4) is 0 Å². The van der Waals surface area contributed by atoms with E-state index in [2.05, 4.69) is 21.6 Å². The van der Waals surface area contributed by atoms with Crippen LogP contribution in [0.2, 0.25) is 0 Å². The molecular formula is C16H19N3O. The van der Waals surface area contributed by atoms with Crippen molar-refractivity contribution in [3.05, 3.63) is 46.3 Å². The minimum atomic E-state index is -0.0762. The van der Waals surface area contributed by atoms with Crippen LogP contribution in [0.25, 0.3) is 0 Å². The van der Waals surface area contributed by atoms with Gasteiger partial charge in [-0.05, 0) is 56.7 Å². The second kappa shape index (κ2) is 5.12. The summed E-state index contributed by atoms with van der Waals surface area (Å²) in [6, 6.07) is 6.18. The van der Waals surface area contributed by atoms with Crippen LogP contribution in [0, 0.1) is 13.8 Å². The van der Waals surface area contributed by atoms with Gasteiger partial charge in [0.2, 0.25) is 0 Å². The lowest BCUT2D eigenvalue weighted by atomic mass is 9.90. The molecule has 4 heteroatoms. The number of carbonyl (C=O) groups is 1. The van der Waals surface area contributed by atoms with Crippen molar-refractivity contribution in [1.29, 1.82) is 0 Å². The molecule has 2 N–H and O–H groups in total. The summed E-state index contributed by atoms with van der Waals surface area (Å²) < 4.78 is 0. The largest absolute Gasteiger partial charge is 0.322 e. The fourth-order valence-electron chi connectivity index (χ4n) is 2.97. The molecule has 0 saturated heterocycles. The number of anilines is 1. The summed E-state index contributed by atoms with van der Waals surface area (Å²) >= 11 is 0. The fourth-order valence-corrected chi connectivity index (χ4v) is 2.97. The number of fused-ring (bicyclic) bond motifs is 1. The minimum Gasteiger partial charge on any atom is -0.322 e. The number of amides is 1. The van der Waals surface area contributed by atoms with Crippen LogP contribution >= 0.6 is 0 Å². The molecule has 0 spiro atoms. The Morgan fingerprint density at radius 3 is 2.80 bits per heavy atom. The zero-order chi connectivity index (χ0) is 14.1. The average molecular weight is 269 g/mol. The lowest BCUT2D eigenvalue weighted by molar-refractivity contribution is 0.102. The van der Waals surface area contributed by atoms with Gasteiger partial charge in [-0.25, -0.2) is 0 Å². The molecule has 0 radical (unpaired) electrons. The zero-order valence-electron chi connectivity index (χ0n) is 11.9. The molecule has 0 unspecified atom stereocenters. The van der Waals surface area contributed by atoms with Crippen LogP contribution in [0.1, 0.15) is 45.7 Å². The number of rotatable bonds is 2. The summed E-state index contributed by atoms with van der Waals surface area (Å²) in [5, 5.41) is 9.99. The molecule has 4 nitrogen and oxygen atoms in total. The predicted octanol–water partition coefficient (Wildman–Crippen LogP) is 3.16. The molecule has 3 rings (SSSR count). The summed E-state index contributed by atoms with van der Waals surface area (Å²) in [6.07, 6.45) is 4.60. The van der Waals surface area contributed by atoms with E-state index in [-0.39, 0.29) is 5.91 Å². The Kier molecular flexibility index (Phi) is 3.30. The lowest BCUT2D eigenvalue weighted by Gasteiger charge is -2.19. The maximum absolute atomic E-state index is 12.4. The molecule has 20 heavy (non-hydrogen) atoms. The second-order valence-electron chi connectivity index (χ2n) is 5.41. The van der Waals surface area contributed by atoms with Crippen molar-refractivity contribution in [3.63, 3.8) is 0 Å². The summed E-state index contributed by atoms with van der Waals surface area (Å²) in [7, 11) is 0. The Bertz CT molecular complexity index is 638. The quantitative estimate of drug-likeness (QED) is 0.879. The van der Waals surface area contributed by atoms with Gasteiger partial charge in [0.15, 0.2) is 0 Å². The van der Waals surface area contributed by atoms with Crippen molar-refractivity contribution in [2.24, 2.45) is 0 Å². The monoisotopic (exact) mass is 269 g/mol. The first kappa shape index (κ1) is 12.9. The van der Waals surface area contributed by atoms with Gasteiger partial charge < -0.3 is 5.32 Å². The van der Waals surface area contributed by atoms with Crippen molar-refractivity contribution in [2.75, 3.05) is 5.32 Å². The number of carbonyl (C=O) groups excluding carboxylic acids is 1. The molecule has 1 aliphatic rings. The smallest absolute Gasteiger partial charge is 0.259 e. The lowest BCUT2D eigenvalue weighted by Crippen LogP contribution is -2.16. The van der Waals surface area contributed by atoms with Gasteiger partial charge in [-0.3, -0.25) is 9.89 Å². The first-order chi connectivity index (χ1) is 9.66. The summed E-state index contributed by atoms with van der Waals surface area (Å²) in [4.78, 5) is 12.4. The number of benzene rings is 1. The first-order valence-electron chi connectivity index (χ1n) is 7.10. The Labute approximate surface area is 118 Å². The van der Waals surface area contributed by atoms with Crippen LogP contribution in [0.4, 0.5) is 5.69 Å². The summed E-state index contributed by atoms with van der Waals surface area (Å²) in [5.74, 6) is -0.0762. The van der Waals surface area contributed by atoms with Gasteiger partial charge in [0.1, 0.15) is 0 Å². The molecule has 0 saturated carbocycles. The fraction of sp³-hybridized carbons (Fsp3) is 0.375. The maximum Gasteiger partial charge on any atom is 0.259 e. The molecule has 1 aromatic heterocycles. The van der Waals surface area contributed by atoms with Crippen molar-refractivity contribution >= 4 is 11.6 Å². The molecule has 1 amide bonds. The highest BCUT2D eigenvalue weighted by molar-refractivity contribution is 6.06. The number of aromatic amines is 1. The number of hydrogen-bond donors (Lipinski definition) is 2. The van der Waals surface area contributed by atoms with E-state index in [1.54, 1.807) is 0 Å². The van der Waals surface area contributed by atoms with E-state index >= 15 is 0 Å². The van der Waals surface area contributed by atoms with Crippen LogP contribution in [-0.4, -0.2) is 16.1 Å². The van der Waals surface area contributed by atoms with E-state index in [0.29, 0.717) is 5.56 Å². The standard InChI is InChI=1S/C16H19N3O/c1-10-15(11(2)19-18-10)16(20)17-14-9-5-7-12-6-3-4-8-13(12)14/h5,7,9H,3-4,6,8H2,1-2H3,(H,17,20)(H,18,19). The van der Waals surface area contributed by atoms with Crippen molar-refractivity contribution in [1.82, 2.24) is 10.2 Å². The van der Waals surface area contributed by atoms with Crippen LogP contribution < -0.4 is 5.32 Å². The Morgan fingerprint density at radius 2 is 2.05 bits per heavy atom. The third-order valence-electron chi connectivity index (χ3n) is 4.00. The van der Waals surface area contributed by atoms with Gasteiger partial charge in [0, 0.05) is 11.4 Å². The Morgan fingerprint density at radius 1 is 1.25 bits per heavy atom. The number of nitrogens with zero attached hydrogens (tertiary/aromatic N) is 1. The molecule has 0 fully saturated rings. The number of aromatic nitrogens is 2. The molecule has 0 bridgehead atoms. The van der Waals surface area contributed by atoms with E-state index < -0.39 is 0 Å². The van der Waals surface area contributed by atoms with Gasteiger partial charge in [0.25, 0.3) is 5.91 Å². The van der Waals surface area contributed by atoms with Crippen molar-refractivity contribution < 1.29 is 4.79 Å². The van der Waals surface area contributed by atoms with Gasteiger partial charge in [0.05, 0.1) is 11.3 Å². The minimum absolute atomic E-state index is 0.0762. The molecule has 1 aromatic carbocycles. The van der Waals surface area contributed by atoms with Crippen molar-refractivity contribution in [2.45, 2.75) is 39.5 Å². The van der Waals surface area contributed by atoms with E-state index in [9.17, 15) is 4.79 Å². The van der Waals surface area contributed by atoms with E-state index in [0.717, 1.165) is 29.9 Å². The van der Waals surface area contributed by atoms with Gasteiger partial charge in [-0.1, -0.05) is 12.1 Å². The Hall–Kier alpha value is -2.10. The highest BCUT2D eigenvalue weighted by Crippen LogP contribution is 2.28. The molecule has 1 aliphatic carbocycles. The molecule has 0 aliphatic heterocycles. The topological polar surface area (TPSA) is 57.8 Å². The highest BCUT2D eigenvalue weighted by atomic mass is 16.1. The molecule has 104 valence electrons. The van der Waals surface area contributed by atoms with E-state index in [1.165, 1.54) is 24.0 Å². The summed E-state index contributed by atoms with van der Waals surface area (Å²) in [5.41, 5.74) is 5.82. The third kappa shape index (κ3) is 2.22. The zero-order valence-corrected chi connectivity index (χ0v) is 11.9. The SMILES string of the molecule is Cc1n[nH]c(C)c1C(=O)Nc1cccc2c1CCCC2. The number of nitrogens with one attached hydrogen (secondary N) is 2. The summed E-state index contributed by atoms with van der Waals surface area (Å²) in [6.45, 7) is 3.72. The van der Waals surface area contributed by atoms with Gasteiger partial charge in [-0.15, -0.1) is 0 Å². The number of hydrogen-bond acceptors (Lipinski definition) is 2. The maximum atomic E-state index is 12.4. The Balaban J connectivity index is 1.90. The van der Waals surface area contributed by atoms with Crippen LogP contribution in [-0.2, 0) is 12.8 Å². The molecular weight excluding hydrogens is 250 g/mol. The third-order valence-corrected chi connectivity index (χ3v) is 4.00. The molecule has 2 aromatic rings. The van der Waals surface area contributed by atoms with Crippen LogP contribution in [0.5, 0.6) is 0 Å². The number of H-pyrrole nitrogens is 1. The van der Waals surface area contributed by atoms with Crippen LogP contribution in [0.3, 0.4) is 0 Å². The highest BCUT2D eigenvalue weighted by Gasteiger charge is 2.18. The number of aryl methyl sites for hydroxylation is 3. The van der Waals surface area contributed by atoms with Crippen LogP contribution in [0.15, 0.2) is 18.2 Å². The predicted molar refractivity (Wildman–Crippen MR) is 79.1 cm³/mol.